The van der Waals surface area contributed by atoms with Crippen LogP contribution in [0.25, 0.3) is 5.65 Å². The number of sulfonamides is 1. The lowest BCUT2D eigenvalue weighted by Crippen LogP contribution is -2.27. The molecule has 0 spiro atoms. The van der Waals surface area contributed by atoms with Gasteiger partial charge in [-0.25, -0.2) is 22.6 Å². The zero-order valence-electron chi connectivity index (χ0n) is 11.5. The summed E-state index contributed by atoms with van der Waals surface area (Å²) in [4.78, 5) is 12.0. The summed E-state index contributed by atoms with van der Waals surface area (Å²) in [6, 6.07) is 8.56. The number of nitrogens with zero attached hydrogens (tertiary/aromatic N) is 3. The molecule has 22 heavy (non-hydrogen) atoms. The third-order valence-corrected chi connectivity index (χ3v) is 5.95. The van der Waals surface area contributed by atoms with Crippen molar-refractivity contribution in [3.63, 3.8) is 0 Å². The van der Waals surface area contributed by atoms with Crippen molar-refractivity contribution in [3.8, 4) is 0 Å². The normalized spacial score (nSPS) is 12.0. The number of hydrogen-bond acceptors (Lipinski definition) is 5. The number of aromatic nitrogens is 3. The minimum absolute atomic E-state index is 0.225. The SMILES string of the molecule is O=c1n(CCCNS(=O)(=O)c2cccs2)nc2ccccn12. The molecule has 1 N–H and O–H groups in total. The van der Waals surface area contributed by atoms with E-state index in [-0.39, 0.29) is 16.4 Å². The van der Waals surface area contributed by atoms with Crippen molar-refractivity contribution < 1.29 is 8.42 Å². The van der Waals surface area contributed by atoms with Crippen LogP contribution in [0.4, 0.5) is 0 Å². The second-order valence-electron chi connectivity index (χ2n) is 4.62. The van der Waals surface area contributed by atoms with Gasteiger partial charge in [0.2, 0.25) is 10.0 Å². The van der Waals surface area contributed by atoms with Crippen LogP contribution in [-0.2, 0) is 16.6 Å². The molecule has 0 aliphatic rings. The van der Waals surface area contributed by atoms with E-state index in [1.54, 1.807) is 41.9 Å². The zero-order valence-corrected chi connectivity index (χ0v) is 13.2. The Labute approximate surface area is 130 Å². The summed E-state index contributed by atoms with van der Waals surface area (Å²) in [6.45, 7) is 0.605. The molecule has 3 heterocycles. The van der Waals surface area contributed by atoms with Gasteiger partial charge in [0.1, 0.15) is 4.21 Å². The van der Waals surface area contributed by atoms with E-state index >= 15 is 0 Å². The Morgan fingerprint density at radius 1 is 1.23 bits per heavy atom. The van der Waals surface area contributed by atoms with E-state index in [9.17, 15) is 13.2 Å². The van der Waals surface area contributed by atoms with Crippen molar-refractivity contribution in [2.45, 2.75) is 17.2 Å². The molecule has 3 aromatic rings. The average Bonchev–Trinajstić information content (AvgIpc) is 3.14. The maximum Gasteiger partial charge on any atom is 0.350 e. The maximum atomic E-state index is 12.0. The molecule has 0 fully saturated rings. The van der Waals surface area contributed by atoms with E-state index in [1.165, 1.54) is 20.4 Å². The summed E-state index contributed by atoms with van der Waals surface area (Å²) in [5.74, 6) is 0. The van der Waals surface area contributed by atoms with Crippen molar-refractivity contribution >= 4 is 27.0 Å². The van der Waals surface area contributed by atoms with Gasteiger partial charge in [-0.3, -0.25) is 4.40 Å². The largest absolute Gasteiger partial charge is 0.350 e. The molecule has 0 aliphatic heterocycles. The van der Waals surface area contributed by atoms with E-state index < -0.39 is 10.0 Å². The lowest BCUT2D eigenvalue weighted by atomic mass is 10.4. The second-order valence-corrected chi connectivity index (χ2v) is 7.56. The summed E-state index contributed by atoms with van der Waals surface area (Å²) in [7, 11) is -3.45. The fourth-order valence-corrected chi connectivity index (χ4v) is 4.15. The highest BCUT2D eigenvalue weighted by Gasteiger charge is 2.14. The van der Waals surface area contributed by atoms with Gasteiger partial charge >= 0.3 is 5.69 Å². The average molecular weight is 338 g/mol. The van der Waals surface area contributed by atoms with Crippen LogP contribution in [0.15, 0.2) is 50.9 Å². The molecule has 7 nitrogen and oxygen atoms in total. The summed E-state index contributed by atoms with van der Waals surface area (Å²) >= 11 is 1.17. The summed E-state index contributed by atoms with van der Waals surface area (Å²) in [5.41, 5.74) is 0.350. The van der Waals surface area contributed by atoms with E-state index in [0.29, 0.717) is 18.6 Å². The predicted octanol–water partition coefficient (Wildman–Crippen LogP) is 0.926. The van der Waals surface area contributed by atoms with Crippen molar-refractivity contribution in [1.82, 2.24) is 18.9 Å². The number of hydrogen-bond donors (Lipinski definition) is 1. The molecular weight excluding hydrogens is 324 g/mol. The number of fused-ring (bicyclic) bond motifs is 1. The second kappa shape index (κ2) is 6.03. The Balaban J connectivity index is 1.61. The smallest absolute Gasteiger partial charge is 0.250 e. The molecule has 0 aliphatic carbocycles. The number of nitrogens with one attached hydrogen (secondary N) is 1. The maximum absolute atomic E-state index is 12.0. The first-order valence-electron chi connectivity index (χ1n) is 6.65. The highest BCUT2D eigenvalue weighted by atomic mass is 32.2. The molecule has 0 saturated heterocycles. The van der Waals surface area contributed by atoms with Gasteiger partial charge in [0, 0.05) is 19.3 Å². The monoisotopic (exact) mass is 338 g/mol. The fourth-order valence-electron chi connectivity index (χ4n) is 2.04. The van der Waals surface area contributed by atoms with Crippen LogP contribution in [0.1, 0.15) is 6.42 Å². The molecule has 0 aromatic carbocycles. The molecule has 0 unspecified atom stereocenters. The minimum atomic E-state index is -3.45. The Kier molecular flexibility index (Phi) is 4.10. The van der Waals surface area contributed by atoms with Crippen LogP contribution in [0.5, 0.6) is 0 Å². The van der Waals surface area contributed by atoms with Gasteiger partial charge in [-0.1, -0.05) is 12.1 Å². The first kappa shape index (κ1) is 14.9. The predicted molar refractivity (Wildman–Crippen MR) is 83.6 cm³/mol. The Morgan fingerprint density at radius 2 is 2.09 bits per heavy atom. The number of pyridine rings is 1. The summed E-state index contributed by atoms with van der Waals surface area (Å²) < 4.78 is 29.4. The summed E-state index contributed by atoms with van der Waals surface area (Å²) in [5, 5.41) is 5.90. The van der Waals surface area contributed by atoms with Crippen LogP contribution < -0.4 is 10.4 Å². The molecule has 9 heteroatoms. The van der Waals surface area contributed by atoms with Crippen LogP contribution in [-0.4, -0.2) is 29.1 Å². The molecule has 0 radical (unpaired) electrons. The van der Waals surface area contributed by atoms with Gasteiger partial charge in [-0.2, -0.15) is 0 Å². The van der Waals surface area contributed by atoms with Gasteiger partial charge in [-0.05, 0) is 30.0 Å². The van der Waals surface area contributed by atoms with Crippen LogP contribution in [0, 0.1) is 0 Å². The van der Waals surface area contributed by atoms with Crippen molar-refractivity contribution in [2.75, 3.05) is 6.54 Å². The third-order valence-electron chi connectivity index (χ3n) is 3.09. The standard InChI is InChI=1S/C13H14N4O3S2/c18-13-16-8-2-1-5-11(16)15-17(13)9-4-7-14-22(19,20)12-6-3-10-21-12/h1-3,5-6,8,10,14H,4,7,9H2. The Hall–Kier alpha value is -1.97. The van der Waals surface area contributed by atoms with Crippen molar-refractivity contribution in [3.05, 3.63) is 52.4 Å². The van der Waals surface area contributed by atoms with Gasteiger partial charge < -0.3 is 0 Å². The zero-order chi connectivity index (χ0) is 15.6. The molecule has 0 amide bonds. The molecule has 3 aromatic heterocycles. The number of aryl methyl sites for hydroxylation is 1. The lowest BCUT2D eigenvalue weighted by Gasteiger charge is -2.04. The van der Waals surface area contributed by atoms with Gasteiger partial charge in [0.25, 0.3) is 0 Å². The molecule has 0 atom stereocenters. The first-order valence-corrected chi connectivity index (χ1v) is 9.01. The van der Waals surface area contributed by atoms with Crippen molar-refractivity contribution in [2.24, 2.45) is 0 Å². The van der Waals surface area contributed by atoms with Crippen LogP contribution >= 0.6 is 11.3 Å². The van der Waals surface area contributed by atoms with Gasteiger partial charge in [-0.15, -0.1) is 16.4 Å². The Bertz CT molecular complexity index is 926. The highest BCUT2D eigenvalue weighted by Crippen LogP contribution is 2.14. The van der Waals surface area contributed by atoms with Crippen molar-refractivity contribution in [1.29, 1.82) is 0 Å². The van der Waals surface area contributed by atoms with E-state index in [4.69, 9.17) is 0 Å². The fraction of sp³-hybridized carbons (Fsp3) is 0.231. The molecule has 116 valence electrons. The van der Waals surface area contributed by atoms with Crippen LogP contribution in [0.3, 0.4) is 0 Å². The highest BCUT2D eigenvalue weighted by molar-refractivity contribution is 7.91. The lowest BCUT2D eigenvalue weighted by molar-refractivity contribution is 0.544. The molecule has 0 saturated carbocycles. The Morgan fingerprint density at radius 3 is 2.82 bits per heavy atom. The molecular formula is C13H14N4O3S2. The van der Waals surface area contributed by atoms with Crippen LogP contribution in [0.2, 0.25) is 0 Å². The van der Waals surface area contributed by atoms with Gasteiger partial charge in [0.05, 0.1) is 0 Å². The van der Waals surface area contributed by atoms with Gasteiger partial charge in [0.15, 0.2) is 5.65 Å². The number of rotatable bonds is 6. The third kappa shape index (κ3) is 2.96. The number of thiophene rings is 1. The quantitative estimate of drug-likeness (QED) is 0.678. The van der Waals surface area contributed by atoms with E-state index in [2.05, 4.69) is 9.82 Å². The van der Waals surface area contributed by atoms with E-state index in [1.807, 2.05) is 0 Å². The minimum Gasteiger partial charge on any atom is -0.250 e. The van der Waals surface area contributed by atoms with E-state index in [0.717, 1.165) is 0 Å². The summed E-state index contributed by atoms with van der Waals surface area (Å²) in [6.07, 6.45) is 2.13. The first-order chi connectivity index (χ1) is 10.6. The molecule has 0 bridgehead atoms. The molecule has 3 rings (SSSR count). The topological polar surface area (TPSA) is 85.5 Å².